The van der Waals surface area contributed by atoms with Crippen LogP contribution < -0.4 is 14.8 Å². The van der Waals surface area contributed by atoms with Gasteiger partial charge in [0.15, 0.2) is 23.1 Å². The number of aliphatic hydroxyl groups is 1. The van der Waals surface area contributed by atoms with E-state index in [1.54, 1.807) is 12.1 Å². The van der Waals surface area contributed by atoms with Crippen molar-refractivity contribution in [1.29, 1.82) is 0 Å². The van der Waals surface area contributed by atoms with E-state index >= 15 is 0 Å². The third-order valence-electron chi connectivity index (χ3n) is 3.23. The predicted octanol–water partition coefficient (Wildman–Crippen LogP) is 2.79. The lowest BCUT2D eigenvalue weighted by atomic mass is 10.1. The number of fused-ring (bicyclic) bond motifs is 1. The molecule has 7 heteroatoms. The van der Waals surface area contributed by atoms with Crippen LogP contribution in [0.3, 0.4) is 0 Å². The Hall–Kier alpha value is -2.05. The first-order chi connectivity index (χ1) is 10.6. The van der Waals surface area contributed by atoms with Crippen LogP contribution in [0.5, 0.6) is 11.5 Å². The second kappa shape index (κ2) is 6.37. The van der Waals surface area contributed by atoms with Crippen molar-refractivity contribution in [2.75, 3.05) is 25.1 Å². The fourth-order valence-electron chi connectivity index (χ4n) is 2.15. The van der Waals surface area contributed by atoms with E-state index in [1.807, 2.05) is 0 Å². The van der Waals surface area contributed by atoms with Gasteiger partial charge in [0.05, 0.1) is 11.1 Å². The van der Waals surface area contributed by atoms with Crippen LogP contribution in [0.2, 0.25) is 5.02 Å². The fraction of sp³-hybridized carbons (Fsp3) is 0.267. The molecule has 3 rings (SSSR count). The molecule has 0 fully saturated rings. The highest BCUT2D eigenvalue weighted by atomic mass is 35.5. The number of nitrogens with one attached hydrogen (secondary N) is 1. The van der Waals surface area contributed by atoms with Gasteiger partial charge in [-0.15, -0.1) is 0 Å². The van der Waals surface area contributed by atoms with E-state index in [-0.39, 0.29) is 12.4 Å². The molecule has 116 valence electrons. The lowest BCUT2D eigenvalue weighted by molar-refractivity contribution is 0.167. The molecule has 1 atom stereocenters. The molecule has 0 bridgehead atoms. The molecule has 1 aromatic heterocycles. The van der Waals surface area contributed by atoms with Gasteiger partial charge in [0, 0.05) is 12.7 Å². The number of rotatable bonds is 4. The number of nitrogens with zero attached hydrogens (tertiary/aromatic N) is 1. The summed E-state index contributed by atoms with van der Waals surface area (Å²) in [5, 5.41) is 13.4. The number of benzene rings is 1. The number of ether oxygens (including phenoxy) is 2. The third kappa shape index (κ3) is 3.08. The molecule has 2 heterocycles. The first-order valence-corrected chi connectivity index (χ1v) is 7.14. The smallest absolute Gasteiger partial charge is 0.179 e. The molecule has 0 amide bonds. The van der Waals surface area contributed by atoms with E-state index in [4.69, 9.17) is 21.1 Å². The molecule has 0 unspecified atom stereocenters. The normalized spacial score (nSPS) is 14.5. The third-order valence-corrected chi connectivity index (χ3v) is 3.51. The lowest BCUT2D eigenvalue weighted by Crippen LogP contribution is -2.17. The highest BCUT2D eigenvalue weighted by Gasteiger charge is 2.19. The molecule has 1 aromatic carbocycles. The molecule has 0 spiro atoms. The van der Waals surface area contributed by atoms with E-state index in [2.05, 4.69) is 10.3 Å². The van der Waals surface area contributed by atoms with Gasteiger partial charge in [-0.3, -0.25) is 0 Å². The largest absolute Gasteiger partial charge is 0.486 e. The summed E-state index contributed by atoms with van der Waals surface area (Å²) in [7, 11) is 0. The van der Waals surface area contributed by atoms with Crippen LogP contribution in [0.25, 0.3) is 0 Å². The summed E-state index contributed by atoms with van der Waals surface area (Å²) in [6.07, 6.45) is 0.577. The Morgan fingerprint density at radius 2 is 2.18 bits per heavy atom. The van der Waals surface area contributed by atoms with Crippen LogP contribution in [-0.4, -0.2) is 29.8 Å². The molecular weight excluding hydrogens is 311 g/mol. The molecule has 1 aliphatic heterocycles. The van der Waals surface area contributed by atoms with Crippen LogP contribution >= 0.6 is 11.6 Å². The summed E-state index contributed by atoms with van der Waals surface area (Å²) in [5.74, 6) is 0.588. The number of hydrogen-bond acceptors (Lipinski definition) is 5. The second-order valence-electron chi connectivity index (χ2n) is 4.76. The number of aromatic nitrogens is 1. The summed E-state index contributed by atoms with van der Waals surface area (Å²) in [4.78, 5) is 3.86. The minimum atomic E-state index is -0.894. The van der Waals surface area contributed by atoms with Gasteiger partial charge in [0.2, 0.25) is 0 Å². The monoisotopic (exact) mass is 324 g/mol. The highest BCUT2D eigenvalue weighted by Crippen LogP contribution is 2.39. The molecule has 22 heavy (non-hydrogen) atoms. The average molecular weight is 325 g/mol. The van der Waals surface area contributed by atoms with E-state index in [0.717, 1.165) is 0 Å². The average Bonchev–Trinajstić information content (AvgIpc) is 2.54. The molecule has 0 saturated heterocycles. The van der Waals surface area contributed by atoms with E-state index in [0.29, 0.717) is 35.3 Å². The number of aliphatic hydroxyl groups excluding tert-OH is 1. The van der Waals surface area contributed by atoms with E-state index in [9.17, 15) is 9.50 Å². The zero-order chi connectivity index (χ0) is 15.5. The van der Waals surface area contributed by atoms with Crippen molar-refractivity contribution < 1.29 is 19.0 Å². The van der Waals surface area contributed by atoms with Crippen molar-refractivity contribution in [3.63, 3.8) is 0 Å². The minimum absolute atomic E-state index is 0.0872. The summed E-state index contributed by atoms with van der Waals surface area (Å²) < 4.78 is 24.4. The fourth-order valence-corrected chi connectivity index (χ4v) is 2.42. The SMILES string of the molecule is O[C@H](CNc1ncccc1F)c1cc(Cl)c2c(c1)OCCO2. The summed E-state index contributed by atoms with van der Waals surface area (Å²) in [6.45, 7) is 0.958. The van der Waals surface area contributed by atoms with Crippen molar-refractivity contribution in [2.45, 2.75) is 6.10 Å². The Bertz CT molecular complexity index is 684. The maximum Gasteiger partial charge on any atom is 0.179 e. The number of anilines is 1. The Morgan fingerprint density at radius 1 is 1.36 bits per heavy atom. The van der Waals surface area contributed by atoms with Gasteiger partial charge in [-0.1, -0.05) is 11.6 Å². The Kier molecular flexibility index (Phi) is 4.31. The van der Waals surface area contributed by atoms with E-state index < -0.39 is 11.9 Å². The van der Waals surface area contributed by atoms with Crippen molar-refractivity contribution >= 4 is 17.4 Å². The van der Waals surface area contributed by atoms with Crippen LogP contribution in [0.15, 0.2) is 30.5 Å². The first kappa shape index (κ1) is 14.9. The molecule has 0 radical (unpaired) electrons. The Morgan fingerprint density at radius 3 is 3.00 bits per heavy atom. The predicted molar refractivity (Wildman–Crippen MR) is 80.1 cm³/mol. The maximum absolute atomic E-state index is 13.5. The van der Waals surface area contributed by atoms with Crippen molar-refractivity contribution in [3.05, 3.63) is 46.9 Å². The quantitative estimate of drug-likeness (QED) is 0.905. The Balaban J connectivity index is 1.74. The van der Waals surface area contributed by atoms with Crippen molar-refractivity contribution in [3.8, 4) is 11.5 Å². The van der Waals surface area contributed by atoms with Crippen LogP contribution in [0, 0.1) is 5.82 Å². The molecular formula is C15H14ClFN2O3. The van der Waals surface area contributed by atoms with Gasteiger partial charge in [0.1, 0.15) is 13.2 Å². The first-order valence-electron chi connectivity index (χ1n) is 6.76. The summed E-state index contributed by atoms with van der Waals surface area (Å²) >= 11 is 6.12. The van der Waals surface area contributed by atoms with Gasteiger partial charge in [-0.25, -0.2) is 9.37 Å². The second-order valence-corrected chi connectivity index (χ2v) is 5.16. The zero-order valence-corrected chi connectivity index (χ0v) is 12.3. The van der Waals surface area contributed by atoms with E-state index in [1.165, 1.54) is 18.3 Å². The van der Waals surface area contributed by atoms with Gasteiger partial charge in [-0.05, 0) is 29.8 Å². The molecule has 0 saturated carbocycles. The molecule has 2 aromatic rings. The van der Waals surface area contributed by atoms with Crippen molar-refractivity contribution in [2.24, 2.45) is 0 Å². The topological polar surface area (TPSA) is 63.6 Å². The van der Waals surface area contributed by atoms with Crippen LogP contribution in [0.4, 0.5) is 10.2 Å². The van der Waals surface area contributed by atoms with Gasteiger partial charge >= 0.3 is 0 Å². The maximum atomic E-state index is 13.5. The number of pyridine rings is 1. The van der Waals surface area contributed by atoms with Gasteiger partial charge in [-0.2, -0.15) is 0 Å². The molecule has 1 aliphatic rings. The summed E-state index contributed by atoms with van der Waals surface area (Å²) in [6, 6.07) is 6.07. The Labute approximate surface area is 131 Å². The summed E-state index contributed by atoms with van der Waals surface area (Å²) in [5.41, 5.74) is 0.554. The lowest BCUT2D eigenvalue weighted by Gasteiger charge is -2.21. The van der Waals surface area contributed by atoms with Crippen molar-refractivity contribution in [1.82, 2.24) is 4.98 Å². The molecule has 5 nitrogen and oxygen atoms in total. The standard InChI is InChI=1S/C15H14ClFN2O3/c16-10-6-9(7-13-14(10)22-5-4-21-13)12(20)8-19-15-11(17)2-1-3-18-15/h1-3,6-7,12,20H,4-5,8H2,(H,18,19)/t12-/m1/s1. The molecule has 0 aliphatic carbocycles. The molecule has 2 N–H and O–H groups in total. The minimum Gasteiger partial charge on any atom is -0.486 e. The highest BCUT2D eigenvalue weighted by molar-refractivity contribution is 6.32. The van der Waals surface area contributed by atoms with Crippen LogP contribution in [0.1, 0.15) is 11.7 Å². The zero-order valence-electron chi connectivity index (χ0n) is 11.6. The number of halogens is 2. The van der Waals surface area contributed by atoms with Gasteiger partial charge < -0.3 is 19.9 Å². The van der Waals surface area contributed by atoms with Gasteiger partial charge in [0.25, 0.3) is 0 Å². The number of hydrogen-bond donors (Lipinski definition) is 2. The van der Waals surface area contributed by atoms with Crippen LogP contribution in [-0.2, 0) is 0 Å².